The molecule has 2 rings (SSSR count). The number of aryl methyl sites for hydroxylation is 1. The fourth-order valence-electron chi connectivity index (χ4n) is 1.24. The highest BCUT2D eigenvalue weighted by Gasteiger charge is 2.06. The first-order chi connectivity index (χ1) is 7.31. The molecule has 0 aliphatic carbocycles. The Morgan fingerprint density at radius 2 is 2.20 bits per heavy atom. The van der Waals surface area contributed by atoms with E-state index in [4.69, 9.17) is 0 Å². The van der Waals surface area contributed by atoms with Crippen LogP contribution in [-0.2, 0) is 0 Å². The molecule has 0 aliphatic heterocycles. The van der Waals surface area contributed by atoms with Crippen LogP contribution in [0.3, 0.4) is 0 Å². The van der Waals surface area contributed by atoms with Crippen molar-refractivity contribution in [2.75, 3.05) is 6.26 Å². The molecule has 15 heavy (non-hydrogen) atoms. The minimum absolute atomic E-state index is 0.664. The van der Waals surface area contributed by atoms with Crippen LogP contribution in [0.1, 0.15) is 5.56 Å². The molecule has 0 saturated heterocycles. The molecule has 4 nitrogen and oxygen atoms in total. The minimum Gasteiger partial charge on any atom is -0.254 e. The lowest BCUT2D eigenvalue weighted by atomic mass is 10.2. The summed E-state index contributed by atoms with van der Waals surface area (Å²) >= 11 is 1.47. The van der Waals surface area contributed by atoms with Crippen LogP contribution in [0.25, 0.3) is 11.4 Å². The molecule has 0 N–H and O–H groups in total. The number of hydrogen-bond donors (Lipinski definition) is 0. The molecule has 0 aliphatic rings. The van der Waals surface area contributed by atoms with E-state index in [9.17, 15) is 0 Å². The van der Waals surface area contributed by atoms with Gasteiger partial charge in [-0.05, 0) is 24.8 Å². The molecule has 2 aromatic rings. The average Bonchev–Trinajstić information content (AvgIpc) is 2.30. The summed E-state index contributed by atoms with van der Waals surface area (Å²) in [4.78, 5) is 8.63. The average molecular weight is 218 g/mol. The zero-order chi connectivity index (χ0) is 10.7. The third-order valence-corrected chi connectivity index (χ3v) is 2.51. The molecule has 0 spiro atoms. The maximum atomic E-state index is 4.35. The lowest BCUT2D eigenvalue weighted by Crippen LogP contribution is -1.95. The van der Waals surface area contributed by atoms with Gasteiger partial charge in [-0.2, -0.15) is 5.10 Å². The monoisotopic (exact) mass is 218 g/mol. The normalized spacial score (nSPS) is 10.3. The Kier molecular flexibility index (Phi) is 2.91. The lowest BCUT2D eigenvalue weighted by Gasteiger charge is -2.02. The molecule has 0 unspecified atom stereocenters. The fourth-order valence-corrected chi connectivity index (χ4v) is 1.56. The second-order valence-electron chi connectivity index (χ2n) is 3.00. The van der Waals surface area contributed by atoms with Gasteiger partial charge in [0.15, 0.2) is 0 Å². The van der Waals surface area contributed by atoms with Crippen LogP contribution in [0.5, 0.6) is 0 Å². The molecule has 0 aromatic carbocycles. The zero-order valence-corrected chi connectivity index (χ0v) is 9.32. The van der Waals surface area contributed by atoms with E-state index in [-0.39, 0.29) is 0 Å². The molecule has 2 heterocycles. The van der Waals surface area contributed by atoms with Crippen LogP contribution in [0.4, 0.5) is 0 Å². The summed E-state index contributed by atoms with van der Waals surface area (Å²) in [6.07, 6.45) is 5.31. The van der Waals surface area contributed by atoms with Gasteiger partial charge in [0.05, 0.1) is 11.9 Å². The first-order valence-electron chi connectivity index (χ1n) is 4.47. The van der Waals surface area contributed by atoms with E-state index in [1.807, 2.05) is 25.3 Å². The molecular formula is C10H10N4S. The van der Waals surface area contributed by atoms with Crippen LogP contribution in [0.15, 0.2) is 29.7 Å². The number of rotatable bonds is 2. The Bertz CT molecular complexity index is 472. The van der Waals surface area contributed by atoms with Gasteiger partial charge in [-0.25, -0.2) is 4.98 Å². The van der Waals surface area contributed by atoms with Gasteiger partial charge in [-0.1, -0.05) is 17.8 Å². The topological polar surface area (TPSA) is 51.6 Å². The van der Waals surface area contributed by atoms with Crippen LogP contribution in [0, 0.1) is 6.92 Å². The van der Waals surface area contributed by atoms with Gasteiger partial charge < -0.3 is 0 Å². The fraction of sp³-hybridized carbons (Fsp3) is 0.200. The summed E-state index contributed by atoms with van der Waals surface area (Å²) in [6, 6.07) is 3.91. The largest absolute Gasteiger partial charge is 0.254 e. The first-order valence-corrected chi connectivity index (χ1v) is 5.69. The SMILES string of the molecule is CSc1nncc(-c2ncccc2C)n1. The highest BCUT2D eigenvalue weighted by Crippen LogP contribution is 2.18. The number of nitrogens with zero attached hydrogens (tertiary/aromatic N) is 4. The van der Waals surface area contributed by atoms with Crippen molar-refractivity contribution in [1.82, 2.24) is 20.2 Å². The quantitative estimate of drug-likeness (QED) is 0.721. The molecule has 2 aromatic heterocycles. The molecule has 0 radical (unpaired) electrons. The molecule has 5 heteroatoms. The third-order valence-electron chi connectivity index (χ3n) is 1.97. The Morgan fingerprint density at radius 1 is 1.33 bits per heavy atom. The van der Waals surface area contributed by atoms with E-state index >= 15 is 0 Å². The summed E-state index contributed by atoms with van der Waals surface area (Å²) in [5, 5.41) is 8.45. The molecule has 76 valence electrons. The number of aromatic nitrogens is 4. The lowest BCUT2D eigenvalue weighted by molar-refractivity contribution is 0.843. The Labute approximate surface area is 92.2 Å². The maximum Gasteiger partial charge on any atom is 0.209 e. The summed E-state index contributed by atoms with van der Waals surface area (Å²) < 4.78 is 0. The van der Waals surface area contributed by atoms with E-state index in [1.165, 1.54) is 11.8 Å². The van der Waals surface area contributed by atoms with Crippen LogP contribution >= 0.6 is 11.8 Å². The Balaban J connectivity index is 2.49. The predicted molar refractivity (Wildman–Crippen MR) is 59.6 cm³/mol. The van der Waals surface area contributed by atoms with Crippen molar-refractivity contribution in [3.63, 3.8) is 0 Å². The van der Waals surface area contributed by atoms with Gasteiger partial charge in [0.1, 0.15) is 5.69 Å². The Hall–Kier alpha value is -1.49. The van der Waals surface area contributed by atoms with Crippen LogP contribution < -0.4 is 0 Å². The van der Waals surface area contributed by atoms with Crippen LogP contribution in [-0.4, -0.2) is 26.4 Å². The van der Waals surface area contributed by atoms with Gasteiger partial charge in [-0.15, -0.1) is 5.10 Å². The molecule has 0 bridgehead atoms. The number of pyridine rings is 1. The van der Waals surface area contributed by atoms with E-state index in [2.05, 4.69) is 20.2 Å². The zero-order valence-electron chi connectivity index (χ0n) is 8.51. The first kappa shape index (κ1) is 10.0. The summed E-state index contributed by atoms with van der Waals surface area (Å²) in [5.74, 6) is 0. The standard InChI is InChI=1S/C10H10N4S/c1-7-4-3-5-11-9(7)8-6-12-14-10(13-8)15-2/h3-6H,1-2H3. The van der Waals surface area contributed by atoms with Crippen molar-refractivity contribution >= 4 is 11.8 Å². The molecule has 0 atom stereocenters. The van der Waals surface area contributed by atoms with Crippen molar-refractivity contribution in [3.8, 4) is 11.4 Å². The predicted octanol–water partition coefficient (Wildman–Crippen LogP) is 1.96. The summed E-state index contributed by atoms with van der Waals surface area (Å²) in [6.45, 7) is 2.00. The van der Waals surface area contributed by atoms with Crippen molar-refractivity contribution in [3.05, 3.63) is 30.1 Å². The van der Waals surface area contributed by atoms with E-state index < -0.39 is 0 Å². The molecule has 0 fully saturated rings. The summed E-state index contributed by atoms with van der Waals surface area (Å²) in [7, 11) is 0. The second-order valence-corrected chi connectivity index (χ2v) is 3.77. The highest BCUT2D eigenvalue weighted by atomic mass is 32.2. The van der Waals surface area contributed by atoms with E-state index in [0.717, 1.165) is 17.0 Å². The second kappa shape index (κ2) is 4.35. The molecular weight excluding hydrogens is 208 g/mol. The van der Waals surface area contributed by atoms with Crippen molar-refractivity contribution in [2.45, 2.75) is 12.1 Å². The highest BCUT2D eigenvalue weighted by molar-refractivity contribution is 7.98. The number of thioether (sulfide) groups is 1. The molecule has 0 saturated carbocycles. The van der Waals surface area contributed by atoms with Gasteiger partial charge in [0.25, 0.3) is 0 Å². The molecule has 0 amide bonds. The smallest absolute Gasteiger partial charge is 0.209 e. The van der Waals surface area contributed by atoms with Gasteiger partial charge in [0.2, 0.25) is 5.16 Å². The minimum atomic E-state index is 0.664. The summed E-state index contributed by atoms with van der Waals surface area (Å²) in [5.41, 5.74) is 2.72. The maximum absolute atomic E-state index is 4.35. The van der Waals surface area contributed by atoms with Gasteiger partial charge in [0, 0.05) is 6.20 Å². The van der Waals surface area contributed by atoms with Gasteiger partial charge >= 0.3 is 0 Å². The van der Waals surface area contributed by atoms with Crippen molar-refractivity contribution < 1.29 is 0 Å². The van der Waals surface area contributed by atoms with E-state index in [1.54, 1.807) is 12.4 Å². The van der Waals surface area contributed by atoms with Crippen molar-refractivity contribution in [1.29, 1.82) is 0 Å². The van der Waals surface area contributed by atoms with E-state index in [0.29, 0.717) is 5.16 Å². The van der Waals surface area contributed by atoms with Gasteiger partial charge in [-0.3, -0.25) is 4.98 Å². The van der Waals surface area contributed by atoms with Crippen molar-refractivity contribution in [2.24, 2.45) is 0 Å². The third kappa shape index (κ3) is 2.12. The van der Waals surface area contributed by atoms with Crippen LogP contribution in [0.2, 0.25) is 0 Å². The Morgan fingerprint density at radius 3 is 2.93 bits per heavy atom. The number of hydrogen-bond acceptors (Lipinski definition) is 5.